The van der Waals surface area contributed by atoms with Crippen molar-refractivity contribution >= 4 is 11.4 Å². The number of methoxy groups -OCH3 is 2. The van der Waals surface area contributed by atoms with E-state index in [0.717, 1.165) is 10.7 Å². The maximum Gasteiger partial charge on any atom is 0.418 e. The Hall–Kier alpha value is -3.77. The molecule has 1 aromatic heterocycles. The quantitative estimate of drug-likeness (QED) is 0.467. The molecular formula is C27H29F3N4O5. The highest BCUT2D eigenvalue weighted by Gasteiger charge is 2.37. The molecule has 1 fully saturated rings. The third-order valence-electron chi connectivity index (χ3n) is 7.15. The number of aromatic nitrogens is 2. The van der Waals surface area contributed by atoms with Crippen molar-refractivity contribution in [3.05, 3.63) is 57.9 Å². The van der Waals surface area contributed by atoms with E-state index in [-0.39, 0.29) is 25.4 Å². The zero-order chi connectivity index (χ0) is 27.9. The molecule has 2 N–H and O–H groups in total. The number of hydrogen-bond donors (Lipinski definition) is 2. The van der Waals surface area contributed by atoms with Gasteiger partial charge in [0, 0.05) is 49.1 Å². The van der Waals surface area contributed by atoms with Gasteiger partial charge in [-0.25, -0.2) is 0 Å². The first-order valence-electron chi connectivity index (χ1n) is 12.5. The lowest BCUT2D eigenvalue weighted by atomic mass is 10.0. The summed E-state index contributed by atoms with van der Waals surface area (Å²) in [5, 5.41) is 24.1. The molecule has 39 heavy (non-hydrogen) atoms. The van der Waals surface area contributed by atoms with Gasteiger partial charge in [-0.05, 0) is 43.2 Å². The number of β-amino-alcohol motifs (C(OH)–C–C–N with tert-alkyl or cyclic N) is 2. The van der Waals surface area contributed by atoms with Gasteiger partial charge in [-0.1, -0.05) is 0 Å². The summed E-state index contributed by atoms with van der Waals surface area (Å²) in [7, 11) is 2.97. The van der Waals surface area contributed by atoms with Crippen LogP contribution in [0.4, 0.5) is 24.5 Å². The van der Waals surface area contributed by atoms with E-state index in [9.17, 15) is 28.2 Å². The molecule has 3 aromatic rings. The van der Waals surface area contributed by atoms with Crippen molar-refractivity contribution in [3.63, 3.8) is 0 Å². The molecule has 1 saturated heterocycles. The van der Waals surface area contributed by atoms with Crippen molar-refractivity contribution in [3.8, 4) is 28.4 Å². The molecule has 2 aromatic carbocycles. The molecule has 1 atom stereocenters. The van der Waals surface area contributed by atoms with E-state index in [1.165, 1.54) is 26.4 Å². The predicted octanol–water partition coefficient (Wildman–Crippen LogP) is 2.86. The van der Waals surface area contributed by atoms with E-state index in [1.807, 2.05) is 0 Å². The first kappa shape index (κ1) is 26.8. The number of aliphatic hydroxyl groups excluding tert-OH is 2. The van der Waals surface area contributed by atoms with Gasteiger partial charge >= 0.3 is 6.18 Å². The number of alkyl halides is 3. The molecule has 0 aliphatic carbocycles. The molecule has 0 amide bonds. The summed E-state index contributed by atoms with van der Waals surface area (Å²) < 4.78 is 54.3. The van der Waals surface area contributed by atoms with E-state index in [0.29, 0.717) is 59.9 Å². The van der Waals surface area contributed by atoms with Crippen LogP contribution >= 0.6 is 0 Å². The van der Waals surface area contributed by atoms with Crippen molar-refractivity contribution in [2.24, 2.45) is 0 Å². The summed E-state index contributed by atoms with van der Waals surface area (Å²) in [5.74, 6) is 0.905. The number of nitrogens with zero attached hydrogens (tertiary/aromatic N) is 4. The Morgan fingerprint density at radius 1 is 1.08 bits per heavy atom. The molecule has 0 radical (unpaired) electrons. The van der Waals surface area contributed by atoms with Gasteiger partial charge in [-0.2, -0.15) is 23.0 Å². The Labute approximate surface area is 222 Å². The summed E-state index contributed by atoms with van der Waals surface area (Å²) in [4.78, 5) is 17.3. The first-order chi connectivity index (χ1) is 18.6. The highest BCUT2D eigenvalue weighted by molar-refractivity contribution is 5.75. The Bertz CT molecular complexity index is 1420. The van der Waals surface area contributed by atoms with Gasteiger partial charge in [0.2, 0.25) is 0 Å². The maximum atomic E-state index is 14.3. The lowest BCUT2D eigenvalue weighted by Crippen LogP contribution is -2.33. The van der Waals surface area contributed by atoms with Crippen LogP contribution in [-0.4, -0.2) is 73.1 Å². The van der Waals surface area contributed by atoms with Crippen LogP contribution in [0.15, 0.2) is 41.2 Å². The molecule has 0 bridgehead atoms. The zero-order valence-electron chi connectivity index (χ0n) is 21.5. The number of halogens is 3. The van der Waals surface area contributed by atoms with Gasteiger partial charge in [0.15, 0.2) is 0 Å². The van der Waals surface area contributed by atoms with Crippen LogP contribution in [0.2, 0.25) is 0 Å². The van der Waals surface area contributed by atoms with Gasteiger partial charge < -0.3 is 29.5 Å². The van der Waals surface area contributed by atoms with Crippen LogP contribution in [0.1, 0.15) is 17.5 Å². The third kappa shape index (κ3) is 5.01. The Balaban J connectivity index is 1.79. The molecule has 2 aliphatic rings. The Morgan fingerprint density at radius 3 is 2.38 bits per heavy atom. The summed E-state index contributed by atoms with van der Waals surface area (Å²) in [6.07, 6.45) is -4.43. The van der Waals surface area contributed by atoms with Gasteiger partial charge in [-0.15, -0.1) is 0 Å². The number of aliphatic hydroxyl groups is 2. The number of ether oxygens (including phenoxy) is 2. The second-order valence-electron chi connectivity index (χ2n) is 9.54. The molecule has 3 heterocycles. The second-order valence-corrected chi connectivity index (χ2v) is 9.54. The standard InChI is InChI=1S/C27H29F3N4O5/c1-38-19-11-16(12-20(14-19)39-2)24-21-6-8-32(9-10-35)25(21)26(37)34(31-24)23-13-17(33-7-5-18(36)15-33)3-4-22(23)27(28,29)30/h3-4,11-14,18,35-36H,5-10,15H2,1-2H3/t18-/m1/s1. The highest BCUT2D eigenvalue weighted by Crippen LogP contribution is 2.39. The van der Waals surface area contributed by atoms with E-state index < -0.39 is 29.1 Å². The zero-order valence-corrected chi connectivity index (χ0v) is 21.5. The summed E-state index contributed by atoms with van der Waals surface area (Å²) >= 11 is 0. The number of fused-ring (bicyclic) bond motifs is 1. The fourth-order valence-corrected chi connectivity index (χ4v) is 5.26. The van der Waals surface area contributed by atoms with Crippen LogP contribution in [-0.2, 0) is 12.6 Å². The number of rotatable bonds is 7. The largest absolute Gasteiger partial charge is 0.497 e. The molecule has 0 saturated carbocycles. The van der Waals surface area contributed by atoms with Crippen molar-refractivity contribution < 1.29 is 32.9 Å². The van der Waals surface area contributed by atoms with Crippen LogP contribution < -0.4 is 24.8 Å². The van der Waals surface area contributed by atoms with Crippen LogP contribution in [0.25, 0.3) is 16.9 Å². The normalized spacial score (nSPS) is 17.1. The van der Waals surface area contributed by atoms with Gasteiger partial charge in [0.25, 0.3) is 5.56 Å². The minimum absolute atomic E-state index is 0.144. The van der Waals surface area contributed by atoms with Gasteiger partial charge in [0.1, 0.15) is 17.2 Å². The number of hydrogen-bond acceptors (Lipinski definition) is 8. The van der Waals surface area contributed by atoms with Crippen molar-refractivity contribution in [2.75, 3.05) is 56.8 Å². The van der Waals surface area contributed by atoms with E-state index in [4.69, 9.17) is 9.47 Å². The first-order valence-corrected chi connectivity index (χ1v) is 12.5. The number of anilines is 2. The van der Waals surface area contributed by atoms with Gasteiger partial charge in [0.05, 0.1) is 43.9 Å². The molecule has 0 unspecified atom stereocenters. The van der Waals surface area contributed by atoms with Crippen molar-refractivity contribution in [1.29, 1.82) is 0 Å². The second kappa shape index (κ2) is 10.4. The summed E-state index contributed by atoms with van der Waals surface area (Å²) in [6, 6.07) is 8.60. The molecule has 0 spiro atoms. The Morgan fingerprint density at radius 2 is 1.79 bits per heavy atom. The number of benzene rings is 2. The van der Waals surface area contributed by atoms with Crippen LogP contribution in [0.3, 0.4) is 0 Å². The van der Waals surface area contributed by atoms with E-state index in [1.54, 1.807) is 28.0 Å². The minimum Gasteiger partial charge on any atom is -0.497 e. The Kier molecular flexibility index (Phi) is 7.17. The highest BCUT2D eigenvalue weighted by atomic mass is 19.4. The van der Waals surface area contributed by atoms with Crippen molar-refractivity contribution in [1.82, 2.24) is 9.78 Å². The van der Waals surface area contributed by atoms with Crippen LogP contribution in [0.5, 0.6) is 11.5 Å². The lowest BCUT2D eigenvalue weighted by Gasteiger charge is -2.23. The fourth-order valence-electron chi connectivity index (χ4n) is 5.26. The van der Waals surface area contributed by atoms with E-state index in [2.05, 4.69) is 5.10 Å². The molecule has 208 valence electrons. The molecular weight excluding hydrogens is 517 g/mol. The topological polar surface area (TPSA) is 100 Å². The predicted molar refractivity (Wildman–Crippen MR) is 139 cm³/mol. The average molecular weight is 547 g/mol. The van der Waals surface area contributed by atoms with Crippen LogP contribution in [0, 0.1) is 0 Å². The van der Waals surface area contributed by atoms with Gasteiger partial charge in [-0.3, -0.25) is 4.79 Å². The molecule has 2 aliphatic heterocycles. The smallest absolute Gasteiger partial charge is 0.418 e. The third-order valence-corrected chi connectivity index (χ3v) is 7.15. The summed E-state index contributed by atoms with van der Waals surface area (Å²) in [6.45, 7) is 1.06. The lowest BCUT2D eigenvalue weighted by molar-refractivity contribution is -0.137. The minimum atomic E-state index is -4.76. The molecule has 5 rings (SSSR count). The molecule has 9 nitrogen and oxygen atoms in total. The van der Waals surface area contributed by atoms with Crippen molar-refractivity contribution in [2.45, 2.75) is 25.1 Å². The monoisotopic (exact) mass is 546 g/mol. The SMILES string of the molecule is COc1cc(OC)cc(-c2nn(-c3cc(N4CC[C@@H](O)C4)ccc3C(F)(F)F)c(=O)c3c2CCN3CCO)c1. The van der Waals surface area contributed by atoms with E-state index >= 15 is 0 Å². The average Bonchev–Trinajstić information content (AvgIpc) is 3.55. The summed E-state index contributed by atoms with van der Waals surface area (Å²) in [5.41, 5.74) is -0.0908. The molecule has 12 heteroatoms. The maximum absolute atomic E-state index is 14.3. The fraction of sp³-hybridized carbons (Fsp3) is 0.407.